The molecule has 12 heteroatoms. The maximum Gasteiger partial charge on any atom is 0.326 e. The molecule has 1 rings (SSSR count). The summed E-state index contributed by atoms with van der Waals surface area (Å²) in [4.78, 5) is 53.0. The highest BCUT2D eigenvalue weighted by atomic mass is 32.1. The summed E-state index contributed by atoms with van der Waals surface area (Å²) in [6, 6.07) is -2.94. The highest BCUT2D eigenvalue weighted by Gasteiger charge is 2.23. The van der Waals surface area contributed by atoms with Crippen molar-refractivity contribution in [3.05, 3.63) is 18.2 Å². The first kappa shape index (κ1) is 21.4. The Kier molecular flexibility index (Phi) is 8.58. The Morgan fingerprint density at radius 1 is 1.31 bits per heavy atom. The molecule has 0 aliphatic carbocycles. The highest BCUT2D eigenvalue weighted by Crippen LogP contribution is 1.98. The summed E-state index contributed by atoms with van der Waals surface area (Å²) in [6.07, 6.45) is 2.86. The number of aliphatic carboxylic acids is 1. The molecule has 0 aromatic carbocycles. The molecule has 26 heavy (non-hydrogen) atoms. The molecule has 144 valence electrons. The van der Waals surface area contributed by atoms with E-state index in [1.165, 1.54) is 19.4 Å². The second kappa shape index (κ2) is 10.4. The Hall–Kier alpha value is -2.60. The van der Waals surface area contributed by atoms with Gasteiger partial charge in [0.05, 0.1) is 18.9 Å². The number of amides is 3. The van der Waals surface area contributed by atoms with Gasteiger partial charge < -0.3 is 31.8 Å². The molecule has 0 radical (unpaired) electrons. The van der Waals surface area contributed by atoms with Crippen LogP contribution < -0.4 is 21.7 Å². The normalized spacial score (nSPS) is 14.0. The first-order chi connectivity index (χ1) is 12.2. The number of carboxylic acid groups (broad SMARTS) is 1. The number of imidazole rings is 1. The van der Waals surface area contributed by atoms with Crippen LogP contribution in [0.25, 0.3) is 0 Å². The van der Waals surface area contributed by atoms with Crippen molar-refractivity contribution in [2.24, 2.45) is 5.73 Å². The predicted octanol–water partition coefficient (Wildman–Crippen LogP) is -2.60. The van der Waals surface area contributed by atoms with Crippen molar-refractivity contribution < 1.29 is 24.3 Å². The number of H-pyrrole nitrogens is 1. The summed E-state index contributed by atoms with van der Waals surface area (Å²) < 4.78 is 0. The number of nitrogens with one attached hydrogen (secondary N) is 4. The van der Waals surface area contributed by atoms with Crippen LogP contribution in [0.2, 0.25) is 0 Å². The predicted molar refractivity (Wildman–Crippen MR) is 94.3 cm³/mol. The van der Waals surface area contributed by atoms with E-state index in [-0.39, 0.29) is 12.2 Å². The number of nitrogens with zero attached hydrogens (tertiary/aromatic N) is 1. The van der Waals surface area contributed by atoms with Crippen molar-refractivity contribution in [1.82, 2.24) is 25.9 Å². The summed E-state index contributed by atoms with van der Waals surface area (Å²) in [5.74, 6) is -2.94. The molecule has 1 aromatic rings. The lowest BCUT2D eigenvalue weighted by Gasteiger charge is -2.17. The van der Waals surface area contributed by atoms with Gasteiger partial charge in [-0.05, 0) is 6.92 Å². The molecule has 0 unspecified atom stereocenters. The Bertz CT molecular complexity index is 638. The molecule has 1 heterocycles. The van der Waals surface area contributed by atoms with Crippen LogP contribution in [0.3, 0.4) is 0 Å². The first-order valence-corrected chi connectivity index (χ1v) is 8.31. The molecule has 0 saturated carbocycles. The van der Waals surface area contributed by atoms with Gasteiger partial charge in [-0.25, -0.2) is 9.78 Å². The van der Waals surface area contributed by atoms with Gasteiger partial charge in [0, 0.05) is 24.1 Å². The van der Waals surface area contributed by atoms with E-state index in [2.05, 4.69) is 38.5 Å². The van der Waals surface area contributed by atoms with Crippen LogP contribution in [0.4, 0.5) is 0 Å². The molecular weight excluding hydrogens is 364 g/mol. The maximum atomic E-state index is 11.9. The summed E-state index contributed by atoms with van der Waals surface area (Å²) >= 11 is 3.88. The van der Waals surface area contributed by atoms with Gasteiger partial charge in [-0.3, -0.25) is 14.4 Å². The van der Waals surface area contributed by atoms with Crippen LogP contribution in [0, 0.1) is 0 Å². The molecule has 0 saturated heterocycles. The molecule has 3 amide bonds. The average molecular weight is 386 g/mol. The first-order valence-electron chi connectivity index (χ1n) is 7.68. The SMILES string of the molecule is C[C@H](NC(=O)[C@@H](N)CS)C(=O)NCC(=O)N[C@@H](Cc1cnc[nH]1)C(=O)O. The van der Waals surface area contributed by atoms with Crippen LogP contribution in [0.5, 0.6) is 0 Å². The third kappa shape index (κ3) is 7.11. The average Bonchev–Trinajstić information content (AvgIpc) is 3.11. The van der Waals surface area contributed by atoms with E-state index in [1.54, 1.807) is 0 Å². The van der Waals surface area contributed by atoms with Gasteiger partial charge in [0.1, 0.15) is 12.1 Å². The lowest BCUT2D eigenvalue weighted by Crippen LogP contribution is -2.52. The number of rotatable bonds is 10. The zero-order valence-electron chi connectivity index (χ0n) is 14.1. The van der Waals surface area contributed by atoms with Crippen LogP contribution in [-0.2, 0) is 25.6 Å². The van der Waals surface area contributed by atoms with E-state index in [0.29, 0.717) is 5.69 Å². The molecule has 3 atom stereocenters. The topological polar surface area (TPSA) is 179 Å². The zero-order chi connectivity index (χ0) is 19.7. The molecule has 0 spiro atoms. The molecule has 1 aromatic heterocycles. The Labute approximate surface area is 154 Å². The van der Waals surface area contributed by atoms with Crippen LogP contribution in [0.15, 0.2) is 12.5 Å². The number of aromatic amines is 1. The van der Waals surface area contributed by atoms with Gasteiger partial charge in [-0.2, -0.15) is 12.6 Å². The second-order valence-corrected chi connectivity index (χ2v) is 5.84. The van der Waals surface area contributed by atoms with Crippen molar-refractivity contribution in [1.29, 1.82) is 0 Å². The Balaban J connectivity index is 2.44. The number of hydrogen-bond acceptors (Lipinski definition) is 7. The van der Waals surface area contributed by atoms with Gasteiger partial charge in [-0.15, -0.1) is 0 Å². The van der Waals surface area contributed by atoms with E-state index in [4.69, 9.17) is 10.8 Å². The van der Waals surface area contributed by atoms with Crippen LogP contribution in [0.1, 0.15) is 12.6 Å². The molecule has 0 fully saturated rings. The lowest BCUT2D eigenvalue weighted by atomic mass is 10.1. The molecule has 7 N–H and O–H groups in total. The smallest absolute Gasteiger partial charge is 0.326 e. The lowest BCUT2D eigenvalue weighted by molar-refractivity contribution is -0.141. The van der Waals surface area contributed by atoms with Gasteiger partial charge in [0.15, 0.2) is 0 Å². The minimum absolute atomic E-state index is 0.0170. The number of hydrogen-bond donors (Lipinski definition) is 7. The quantitative estimate of drug-likeness (QED) is 0.215. The minimum atomic E-state index is -1.22. The Morgan fingerprint density at radius 2 is 2.00 bits per heavy atom. The van der Waals surface area contributed by atoms with Crippen molar-refractivity contribution >= 4 is 36.3 Å². The van der Waals surface area contributed by atoms with Crippen molar-refractivity contribution in [2.45, 2.75) is 31.5 Å². The van der Waals surface area contributed by atoms with Crippen LogP contribution >= 0.6 is 12.6 Å². The molecule has 0 aliphatic rings. The fraction of sp³-hybridized carbons (Fsp3) is 0.500. The molecule has 0 bridgehead atoms. The molecule has 0 aliphatic heterocycles. The largest absolute Gasteiger partial charge is 0.480 e. The van der Waals surface area contributed by atoms with E-state index < -0.39 is 48.4 Å². The van der Waals surface area contributed by atoms with E-state index in [9.17, 15) is 19.2 Å². The zero-order valence-corrected chi connectivity index (χ0v) is 15.0. The van der Waals surface area contributed by atoms with Crippen molar-refractivity contribution in [2.75, 3.05) is 12.3 Å². The summed E-state index contributed by atoms with van der Waals surface area (Å²) in [5, 5.41) is 16.1. The van der Waals surface area contributed by atoms with Gasteiger partial charge in [0.25, 0.3) is 0 Å². The van der Waals surface area contributed by atoms with Gasteiger partial charge in [0.2, 0.25) is 17.7 Å². The third-order valence-electron chi connectivity index (χ3n) is 3.32. The molecular formula is C14H22N6O5S. The third-order valence-corrected chi connectivity index (χ3v) is 3.71. The number of carbonyl (C=O) groups excluding carboxylic acids is 3. The number of aromatic nitrogens is 2. The standard InChI is InChI=1S/C14H22N6O5S/c1-7(19-13(23)9(15)5-26)12(22)17-4-11(21)20-10(14(24)25)2-8-3-16-6-18-8/h3,6-7,9-10,26H,2,4-5,15H2,1H3,(H,16,18)(H,17,22)(H,19,23)(H,20,21)(H,24,25)/t7-,9-,10-/m0/s1. The number of carboxylic acids is 1. The second-order valence-electron chi connectivity index (χ2n) is 5.48. The van der Waals surface area contributed by atoms with Gasteiger partial charge in [-0.1, -0.05) is 0 Å². The number of nitrogens with two attached hydrogens (primary N) is 1. The van der Waals surface area contributed by atoms with Crippen LogP contribution in [-0.4, -0.2) is 69.2 Å². The fourth-order valence-corrected chi connectivity index (χ4v) is 2.02. The fourth-order valence-electron chi connectivity index (χ4n) is 1.85. The maximum absolute atomic E-state index is 11.9. The molecule has 11 nitrogen and oxygen atoms in total. The number of thiol groups is 1. The monoisotopic (exact) mass is 386 g/mol. The van der Waals surface area contributed by atoms with Crippen molar-refractivity contribution in [3.8, 4) is 0 Å². The van der Waals surface area contributed by atoms with E-state index in [1.807, 2.05) is 0 Å². The minimum Gasteiger partial charge on any atom is -0.480 e. The Morgan fingerprint density at radius 3 is 2.54 bits per heavy atom. The van der Waals surface area contributed by atoms with Crippen molar-refractivity contribution in [3.63, 3.8) is 0 Å². The summed E-state index contributed by atoms with van der Waals surface area (Å²) in [7, 11) is 0. The highest BCUT2D eigenvalue weighted by molar-refractivity contribution is 7.80. The van der Waals surface area contributed by atoms with Gasteiger partial charge >= 0.3 is 5.97 Å². The summed E-state index contributed by atoms with van der Waals surface area (Å²) in [5.41, 5.74) is 6.02. The number of carbonyl (C=O) groups is 4. The van der Waals surface area contributed by atoms with E-state index >= 15 is 0 Å². The van der Waals surface area contributed by atoms with E-state index in [0.717, 1.165) is 0 Å². The summed E-state index contributed by atoms with van der Waals surface area (Å²) in [6.45, 7) is 0.985.